The van der Waals surface area contributed by atoms with E-state index in [1.807, 2.05) is 4.90 Å². The number of nitrogens with one attached hydrogen (secondary N) is 1. The Morgan fingerprint density at radius 2 is 2.03 bits per heavy atom. The molecule has 168 valence electrons. The molecular weight excluding hydrogens is 388 g/mol. The van der Waals surface area contributed by atoms with Crippen LogP contribution in [0.4, 0.5) is 5.69 Å². The van der Waals surface area contributed by atoms with Crippen LogP contribution in [0.1, 0.15) is 77.4 Å². The molecule has 2 aliphatic heterocycles. The molecule has 1 unspecified atom stereocenters. The summed E-state index contributed by atoms with van der Waals surface area (Å²) in [5, 5.41) is 3.48. The summed E-state index contributed by atoms with van der Waals surface area (Å²) in [6.07, 6.45) is 6.56. The lowest BCUT2D eigenvalue weighted by atomic mass is 9.59. The van der Waals surface area contributed by atoms with Crippen LogP contribution in [0.15, 0.2) is 24.3 Å². The van der Waals surface area contributed by atoms with Gasteiger partial charge in [0.2, 0.25) is 11.8 Å². The maximum absolute atomic E-state index is 12.6. The number of ether oxygens (including phenoxy) is 1. The molecule has 5 heteroatoms. The van der Waals surface area contributed by atoms with Gasteiger partial charge in [-0.3, -0.25) is 9.59 Å². The van der Waals surface area contributed by atoms with Crippen molar-refractivity contribution in [2.45, 2.75) is 77.9 Å². The first-order valence-corrected chi connectivity index (χ1v) is 12.2. The van der Waals surface area contributed by atoms with Crippen LogP contribution in [0, 0.1) is 22.7 Å². The van der Waals surface area contributed by atoms with E-state index in [4.69, 9.17) is 4.74 Å². The minimum Gasteiger partial charge on any atom is -0.373 e. The van der Waals surface area contributed by atoms with E-state index in [2.05, 4.69) is 50.4 Å². The average Bonchev–Trinajstić information content (AvgIpc) is 3.40. The van der Waals surface area contributed by atoms with Crippen molar-refractivity contribution >= 4 is 17.5 Å². The Morgan fingerprint density at radius 1 is 1.26 bits per heavy atom. The summed E-state index contributed by atoms with van der Waals surface area (Å²) in [4.78, 5) is 26.6. The molecule has 0 radical (unpaired) electrons. The van der Waals surface area contributed by atoms with Crippen molar-refractivity contribution in [2.24, 2.45) is 22.7 Å². The molecule has 2 saturated carbocycles. The van der Waals surface area contributed by atoms with Gasteiger partial charge in [-0.2, -0.15) is 0 Å². The molecular formula is C26H36N2O3. The van der Waals surface area contributed by atoms with Gasteiger partial charge in [0.25, 0.3) is 0 Å². The number of amides is 2. The second-order valence-corrected chi connectivity index (χ2v) is 10.8. The number of anilines is 1. The third kappa shape index (κ3) is 3.23. The first-order valence-electron chi connectivity index (χ1n) is 12.2. The van der Waals surface area contributed by atoms with Gasteiger partial charge in [-0.1, -0.05) is 32.9 Å². The number of rotatable bonds is 5. The van der Waals surface area contributed by atoms with Crippen molar-refractivity contribution in [3.63, 3.8) is 0 Å². The number of nitrogens with zero attached hydrogens (tertiary/aromatic N) is 1. The maximum Gasteiger partial charge on any atom is 0.227 e. The maximum atomic E-state index is 12.6. The minimum atomic E-state index is 0.0729. The van der Waals surface area contributed by atoms with Crippen LogP contribution in [0.2, 0.25) is 0 Å². The van der Waals surface area contributed by atoms with E-state index >= 15 is 0 Å². The summed E-state index contributed by atoms with van der Waals surface area (Å²) < 4.78 is 6.39. The van der Waals surface area contributed by atoms with E-state index in [9.17, 15) is 9.59 Å². The normalized spacial score (nSPS) is 36.0. The smallest absolute Gasteiger partial charge is 0.227 e. The Morgan fingerprint density at radius 3 is 2.71 bits per heavy atom. The minimum absolute atomic E-state index is 0.0729. The largest absolute Gasteiger partial charge is 0.373 e. The molecule has 2 amide bonds. The number of benzene rings is 1. The van der Waals surface area contributed by atoms with Crippen LogP contribution < -0.4 is 10.2 Å². The molecule has 1 aromatic carbocycles. The SMILES string of the molecule is CCCC(=O)N[C@@H]1C(C)(C)[C@@H]2C[C@@H]3[C@@H](c4ccc(N5CCCC5=O)cc4)OCCC31C2. The van der Waals surface area contributed by atoms with Gasteiger partial charge in [-0.05, 0) is 72.5 Å². The Kier molecular flexibility index (Phi) is 5.16. The molecule has 4 fully saturated rings. The van der Waals surface area contributed by atoms with Gasteiger partial charge < -0.3 is 15.0 Å². The van der Waals surface area contributed by atoms with E-state index in [1.165, 1.54) is 18.4 Å². The van der Waals surface area contributed by atoms with Crippen molar-refractivity contribution in [1.29, 1.82) is 0 Å². The molecule has 2 heterocycles. The van der Waals surface area contributed by atoms with Crippen molar-refractivity contribution < 1.29 is 14.3 Å². The topological polar surface area (TPSA) is 58.6 Å². The lowest BCUT2D eigenvalue weighted by Crippen LogP contribution is -2.58. The molecule has 5 nitrogen and oxygen atoms in total. The predicted octanol–water partition coefficient (Wildman–Crippen LogP) is 4.61. The average molecular weight is 425 g/mol. The summed E-state index contributed by atoms with van der Waals surface area (Å²) in [5.74, 6) is 1.48. The summed E-state index contributed by atoms with van der Waals surface area (Å²) in [6, 6.07) is 8.70. The van der Waals surface area contributed by atoms with Gasteiger partial charge in [-0.15, -0.1) is 0 Å². The molecule has 1 aromatic rings. The lowest BCUT2D eigenvalue weighted by Gasteiger charge is -2.53. The van der Waals surface area contributed by atoms with E-state index in [-0.39, 0.29) is 34.8 Å². The van der Waals surface area contributed by atoms with Gasteiger partial charge >= 0.3 is 0 Å². The van der Waals surface area contributed by atoms with Gasteiger partial charge in [0.15, 0.2) is 0 Å². The fraction of sp³-hybridized carbons (Fsp3) is 0.692. The highest BCUT2D eigenvalue weighted by molar-refractivity contribution is 5.95. The van der Waals surface area contributed by atoms with Crippen molar-refractivity contribution in [2.75, 3.05) is 18.1 Å². The molecule has 0 aromatic heterocycles. The van der Waals surface area contributed by atoms with E-state index in [0.29, 0.717) is 24.7 Å². The highest BCUT2D eigenvalue weighted by Gasteiger charge is 2.68. The molecule has 2 saturated heterocycles. The molecule has 2 aliphatic carbocycles. The second kappa shape index (κ2) is 7.61. The van der Waals surface area contributed by atoms with Crippen LogP contribution in [0.3, 0.4) is 0 Å². The van der Waals surface area contributed by atoms with Gasteiger partial charge in [0.05, 0.1) is 6.10 Å². The quantitative estimate of drug-likeness (QED) is 0.751. The standard InChI is InChI=1S/C26H36N2O3/c1-4-6-21(29)27-24-25(2,3)18-15-20-23(31-14-12-26(20,24)16-18)17-8-10-19(11-9-17)28-13-5-7-22(28)30/h8-11,18,20,23-24H,4-7,12-16H2,1-3H3,(H,27,29)/t18-,20-,23-,24-,26?/m1/s1. The van der Waals surface area contributed by atoms with Crippen molar-refractivity contribution in [1.82, 2.24) is 5.32 Å². The van der Waals surface area contributed by atoms with Crippen molar-refractivity contribution in [3.8, 4) is 0 Å². The second-order valence-electron chi connectivity index (χ2n) is 10.8. The summed E-state index contributed by atoms with van der Waals surface area (Å²) >= 11 is 0. The van der Waals surface area contributed by atoms with E-state index < -0.39 is 0 Å². The molecule has 31 heavy (non-hydrogen) atoms. The molecule has 4 aliphatic rings. The number of hydrogen-bond donors (Lipinski definition) is 1. The number of carbonyl (C=O) groups is 2. The first-order chi connectivity index (χ1) is 14.9. The number of fused-ring (bicyclic) bond motifs is 1. The Balaban J connectivity index is 1.40. The molecule has 5 atom stereocenters. The van der Waals surface area contributed by atoms with Crippen molar-refractivity contribution in [3.05, 3.63) is 29.8 Å². The summed E-state index contributed by atoms with van der Waals surface area (Å²) in [6.45, 7) is 8.34. The van der Waals surface area contributed by atoms with E-state index in [1.54, 1.807) is 0 Å². The molecule has 2 bridgehead atoms. The Bertz CT molecular complexity index is 864. The summed E-state index contributed by atoms with van der Waals surface area (Å²) in [5.41, 5.74) is 2.46. The summed E-state index contributed by atoms with van der Waals surface area (Å²) in [7, 11) is 0. The third-order valence-corrected chi connectivity index (χ3v) is 8.89. The van der Waals surface area contributed by atoms with Crippen LogP contribution in [-0.4, -0.2) is 31.0 Å². The highest BCUT2D eigenvalue weighted by Crippen LogP contribution is 2.70. The van der Waals surface area contributed by atoms with Gasteiger partial charge in [0, 0.05) is 37.7 Å². The van der Waals surface area contributed by atoms with Crippen LogP contribution in [0.5, 0.6) is 0 Å². The fourth-order valence-electron chi connectivity index (χ4n) is 7.34. The lowest BCUT2D eigenvalue weighted by molar-refractivity contribution is -0.137. The predicted molar refractivity (Wildman–Crippen MR) is 121 cm³/mol. The van der Waals surface area contributed by atoms with Crippen LogP contribution in [0.25, 0.3) is 0 Å². The number of carbonyl (C=O) groups excluding carboxylic acids is 2. The van der Waals surface area contributed by atoms with Crippen LogP contribution in [-0.2, 0) is 14.3 Å². The van der Waals surface area contributed by atoms with Gasteiger partial charge in [-0.25, -0.2) is 0 Å². The molecule has 1 N–H and O–H groups in total. The fourth-order valence-corrected chi connectivity index (χ4v) is 7.34. The third-order valence-electron chi connectivity index (χ3n) is 8.89. The first kappa shape index (κ1) is 21.0. The monoisotopic (exact) mass is 424 g/mol. The Labute approximate surface area is 185 Å². The zero-order valence-electron chi connectivity index (χ0n) is 19.2. The zero-order chi connectivity index (χ0) is 21.8. The Hall–Kier alpha value is -1.88. The van der Waals surface area contributed by atoms with Gasteiger partial charge in [0.1, 0.15) is 0 Å². The molecule has 1 spiro atoms. The van der Waals surface area contributed by atoms with Crippen LogP contribution >= 0.6 is 0 Å². The zero-order valence-corrected chi connectivity index (χ0v) is 19.2. The molecule has 5 rings (SSSR count). The highest BCUT2D eigenvalue weighted by atomic mass is 16.5. The van der Waals surface area contributed by atoms with E-state index in [0.717, 1.165) is 38.1 Å². The number of hydrogen-bond acceptors (Lipinski definition) is 3.